The number of hydrogen-bond acceptors (Lipinski definition) is 0. The summed E-state index contributed by atoms with van der Waals surface area (Å²) in [4.78, 5) is 0. The van der Waals surface area contributed by atoms with E-state index < -0.39 is 31.1 Å². The highest BCUT2D eigenvalue weighted by atomic mass is 19.3. The van der Waals surface area contributed by atoms with E-state index in [4.69, 9.17) is 0 Å². The van der Waals surface area contributed by atoms with Gasteiger partial charge in [0.2, 0.25) is 6.17 Å². The van der Waals surface area contributed by atoms with Crippen molar-refractivity contribution in [3.63, 3.8) is 0 Å². The zero-order chi connectivity index (χ0) is 10.6. The monoisotopic (exact) mass is 206 g/mol. The molecule has 0 aliphatic carbocycles. The third-order valence-electron chi connectivity index (χ3n) is 1.35. The van der Waals surface area contributed by atoms with Gasteiger partial charge in [-0.2, -0.15) is 0 Å². The Morgan fingerprint density at radius 1 is 1.15 bits per heavy atom. The Labute approximate surface area is 71.2 Å². The lowest BCUT2D eigenvalue weighted by Crippen LogP contribution is -2.37. The molecular formula is C7H8F6. The lowest BCUT2D eigenvalue weighted by atomic mass is 10.1. The van der Waals surface area contributed by atoms with Crippen LogP contribution in [0.3, 0.4) is 0 Å². The summed E-state index contributed by atoms with van der Waals surface area (Å²) < 4.78 is 72.0. The maximum Gasteiger partial charge on any atom is 0.287 e. The Morgan fingerprint density at radius 3 is 1.92 bits per heavy atom. The summed E-state index contributed by atoms with van der Waals surface area (Å²) in [6.45, 7) is 2.83. The first-order chi connectivity index (χ1) is 5.81. The molecule has 0 heterocycles. The molecule has 0 radical (unpaired) electrons. The van der Waals surface area contributed by atoms with Crippen molar-refractivity contribution >= 4 is 0 Å². The first-order valence-electron chi connectivity index (χ1n) is 3.38. The van der Waals surface area contributed by atoms with Gasteiger partial charge in [0.05, 0.1) is 0 Å². The Bertz CT molecular complexity index is 166. The van der Waals surface area contributed by atoms with Gasteiger partial charge in [0.25, 0.3) is 12.3 Å². The van der Waals surface area contributed by atoms with Crippen LogP contribution in [0, 0.1) is 0 Å². The molecule has 0 aromatic heterocycles. The molecule has 0 aliphatic heterocycles. The van der Waals surface area contributed by atoms with Gasteiger partial charge in [0.1, 0.15) is 6.17 Å². The van der Waals surface area contributed by atoms with Gasteiger partial charge in [-0.1, -0.05) is 6.08 Å². The van der Waals surface area contributed by atoms with E-state index in [1.54, 1.807) is 0 Å². The highest BCUT2D eigenvalue weighted by Crippen LogP contribution is 2.31. The number of halogens is 6. The van der Waals surface area contributed by atoms with Crippen LogP contribution < -0.4 is 0 Å². The average molecular weight is 206 g/mol. The molecule has 0 aromatic rings. The number of hydrogen-bond donors (Lipinski definition) is 0. The molecule has 0 amide bonds. The number of rotatable bonds is 5. The smallest absolute Gasteiger partial charge is 0.243 e. The lowest BCUT2D eigenvalue weighted by Gasteiger charge is -2.20. The molecule has 2 unspecified atom stereocenters. The van der Waals surface area contributed by atoms with Crippen molar-refractivity contribution in [2.45, 2.75) is 31.1 Å². The molecule has 13 heavy (non-hydrogen) atoms. The van der Waals surface area contributed by atoms with Crippen molar-refractivity contribution in [1.82, 2.24) is 0 Å². The van der Waals surface area contributed by atoms with E-state index in [2.05, 4.69) is 6.58 Å². The second kappa shape index (κ2) is 4.53. The van der Waals surface area contributed by atoms with E-state index in [0.29, 0.717) is 6.08 Å². The largest absolute Gasteiger partial charge is 0.287 e. The molecule has 6 heteroatoms. The summed E-state index contributed by atoms with van der Waals surface area (Å²) in [6.07, 6.45) is -10.7. The highest BCUT2D eigenvalue weighted by molar-refractivity contribution is 4.88. The van der Waals surface area contributed by atoms with E-state index in [1.807, 2.05) is 0 Å². The second-order valence-corrected chi connectivity index (χ2v) is 2.45. The Kier molecular flexibility index (Phi) is 4.29. The Hall–Kier alpha value is -0.680. The van der Waals surface area contributed by atoms with Gasteiger partial charge in [0.15, 0.2) is 0 Å². The van der Waals surface area contributed by atoms with Crippen LogP contribution in [0.4, 0.5) is 26.3 Å². The minimum absolute atomic E-state index is 0.506. The first kappa shape index (κ1) is 12.3. The van der Waals surface area contributed by atoms with Gasteiger partial charge in [-0.05, 0) is 0 Å². The summed E-state index contributed by atoms with van der Waals surface area (Å²) in [5, 5.41) is 0. The SMILES string of the molecule is C=CC(F)CC(F)(F)C(F)C(F)F. The molecule has 2 atom stereocenters. The van der Waals surface area contributed by atoms with Crippen LogP contribution in [-0.4, -0.2) is 24.7 Å². The zero-order valence-corrected chi connectivity index (χ0v) is 6.49. The molecule has 0 bridgehead atoms. The van der Waals surface area contributed by atoms with Gasteiger partial charge in [0, 0.05) is 6.42 Å². The molecule has 0 saturated heterocycles. The molecule has 0 aliphatic rings. The summed E-state index contributed by atoms with van der Waals surface area (Å²) in [7, 11) is 0. The van der Waals surface area contributed by atoms with Crippen LogP contribution in [0.15, 0.2) is 12.7 Å². The van der Waals surface area contributed by atoms with Gasteiger partial charge in [-0.25, -0.2) is 26.3 Å². The van der Waals surface area contributed by atoms with Crippen molar-refractivity contribution in [3.8, 4) is 0 Å². The van der Waals surface area contributed by atoms with E-state index in [1.165, 1.54) is 0 Å². The molecular weight excluding hydrogens is 198 g/mol. The third kappa shape index (κ3) is 3.69. The predicted octanol–water partition coefficient (Wildman–Crippen LogP) is 3.14. The maximum atomic E-state index is 12.4. The number of alkyl halides is 6. The normalized spacial score (nSPS) is 17.2. The predicted molar refractivity (Wildman–Crippen MR) is 35.6 cm³/mol. The molecule has 0 saturated carbocycles. The standard InChI is InChI=1S/C7H8F6/c1-2-4(8)3-7(12,13)5(9)6(10)11/h2,4-6H,1,3H2. The molecule has 0 rings (SSSR count). The van der Waals surface area contributed by atoms with Crippen molar-refractivity contribution in [3.05, 3.63) is 12.7 Å². The van der Waals surface area contributed by atoms with Crippen LogP contribution in [0.25, 0.3) is 0 Å². The molecule has 0 N–H and O–H groups in total. The third-order valence-corrected chi connectivity index (χ3v) is 1.35. The van der Waals surface area contributed by atoms with E-state index >= 15 is 0 Å². The minimum atomic E-state index is -4.36. The second-order valence-electron chi connectivity index (χ2n) is 2.45. The summed E-state index contributed by atoms with van der Waals surface area (Å²) in [6, 6.07) is 0. The van der Waals surface area contributed by atoms with Crippen molar-refractivity contribution in [2.75, 3.05) is 0 Å². The molecule has 78 valence electrons. The van der Waals surface area contributed by atoms with Crippen LogP contribution in [0.5, 0.6) is 0 Å². The summed E-state index contributed by atoms with van der Waals surface area (Å²) >= 11 is 0. The van der Waals surface area contributed by atoms with Gasteiger partial charge in [-0.3, -0.25) is 0 Å². The fourth-order valence-electron chi connectivity index (χ4n) is 0.640. The van der Waals surface area contributed by atoms with Crippen LogP contribution >= 0.6 is 0 Å². The van der Waals surface area contributed by atoms with Crippen molar-refractivity contribution in [1.29, 1.82) is 0 Å². The number of allylic oxidation sites excluding steroid dienone is 1. The van der Waals surface area contributed by atoms with E-state index in [0.717, 1.165) is 0 Å². The Morgan fingerprint density at radius 2 is 1.62 bits per heavy atom. The lowest BCUT2D eigenvalue weighted by molar-refractivity contribution is -0.137. The summed E-state index contributed by atoms with van der Waals surface area (Å²) in [5.41, 5.74) is 0. The fourth-order valence-corrected chi connectivity index (χ4v) is 0.640. The topological polar surface area (TPSA) is 0 Å². The molecule has 0 fully saturated rings. The Balaban J connectivity index is 4.29. The van der Waals surface area contributed by atoms with Crippen LogP contribution in [-0.2, 0) is 0 Å². The fraction of sp³-hybridized carbons (Fsp3) is 0.714. The average Bonchev–Trinajstić information content (AvgIpc) is 2.01. The van der Waals surface area contributed by atoms with E-state index in [-0.39, 0.29) is 0 Å². The van der Waals surface area contributed by atoms with Crippen molar-refractivity contribution in [2.24, 2.45) is 0 Å². The van der Waals surface area contributed by atoms with Gasteiger partial charge in [-0.15, -0.1) is 6.58 Å². The first-order valence-corrected chi connectivity index (χ1v) is 3.38. The van der Waals surface area contributed by atoms with Gasteiger partial charge < -0.3 is 0 Å². The van der Waals surface area contributed by atoms with Crippen LogP contribution in [0.1, 0.15) is 6.42 Å². The van der Waals surface area contributed by atoms with Gasteiger partial charge >= 0.3 is 0 Å². The van der Waals surface area contributed by atoms with Crippen LogP contribution in [0.2, 0.25) is 0 Å². The molecule has 0 spiro atoms. The van der Waals surface area contributed by atoms with E-state index in [9.17, 15) is 26.3 Å². The minimum Gasteiger partial charge on any atom is -0.243 e. The maximum absolute atomic E-state index is 12.4. The summed E-state index contributed by atoms with van der Waals surface area (Å²) in [5.74, 6) is -4.36. The zero-order valence-electron chi connectivity index (χ0n) is 6.49. The van der Waals surface area contributed by atoms with Crippen molar-refractivity contribution < 1.29 is 26.3 Å². The highest BCUT2D eigenvalue weighted by Gasteiger charge is 2.47. The molecule has 0 nitrogen and oxygen atoms in total. The molecule has 0 aromatic carbocycles. The quantitative estimate of drug-likeness (QED) is 0.478.